The summed E-state index contributed by atoms with van der Waals surface area (Å²) < 4.78 is 6.24. The minimum absolute atomic E-state index is 0.0334. The molecule has 1 N–H and O–H groups in total. The van der Waals surface area contributed by atoms with Gasteiger partial charge in [0.15, 0.2) is 0 Å². The highest BCUT2D eigenvalue weighted by Crippen LogP contribution is 2.73. The lowest BCUT2D eigenvalue weighted by molar-refractivity contribution is 0.0184. The minimum atomic E-state index is -0.0334. The van der Waals surface area contributed by atoms with Gasteiger partial charge in [-0.1, -0.05) is 0 Å². The second-order valence-corrected chi connectivity index (χ2v) is 7.14. The van der Waals surface area contributed by atoms with Crippen molar-refractivity contribution >= 4 is 10.8 Å². The maximum Gasteiger partial charge on any atom is 0.255 e. The fourth-order valence-corrected chi connectivity index (χ4v) is 4.86. The summed E-state index contributed by atoms with van der Waals surface area (Å²) in [5, 5.41) is 1.69. The zero-order chi connectivity index (χ0) is 14.0. The van der Waals surface area contributed by atoms with Crippen LogP contribution in [0, 0.1) is 17.3 Å². The summed E-state index contributed by atoms with van der Waals surface area (Å²) in [6, 6.07) is 7.74. The van der Waals surface area contributed by atoms with Gasteiger partial charge in [0, 0.05) is 11.6 Å². The largest absolute Gasteiger partial charge is 0.490 e. The number of nitrogens with one attached hydrogen (secondary N) is 1. The Bertz CT molecular complexity index is 780. The Morgan fingerprint density at radius 1 is 1.19 bits per heavy atom. The topological polar surface area (TPSA) is 42.1 Å². The first kappa shape index (κ1) is 11.8. The van der Waals surface area contributed by atoms with Crippen molar-refractivity contribution < 1.29 is 4.74 Å². The molecule has 3 unspecified atom stereocenters. The van der Waals surface area contributed by atoms with Gasteiger partial charge in [-0.05, 0) is 79.0 Å². The normalized spacial score (nSPS) is 36.5. The van der Waals surface area contributed by atoms with Crippen molar-refractivity contribution in [2.24, 2.45) is 17.3 Å². The monoisotopic (exact) mass is 281 g/mol. The van der Waals surface area contributed by atoms with Crippen LogP contribution in [0.15, 0.2) is 35.3 Å². The van der Waals surface area contributed by atoms with Gasteiger partial charge in [-0.25, -0.2) is 0 Å². The Balaban J connectivity index is 1.40. The van der Waals surface area contributed by atoms with E-state index < -0.39 is 0 Å². The molecule has 0 radical (unpaired) electrons. The molecule has 0 amide bonds. The van der Waals surface area contributed by atoms with Gasteiger partial charge in [0.2, 0.25) is 0 Å². The molecule has 3 fully saturated rings. The van der Waals surface area contributed by atoms with E-state index >= 15 is 0 Å². The summed E-state index contributed by atoms with van der Waals surface area (Å²) in [5.74, 6) is 2.76. The van der Waals surface area contributed by atoms with E-state index in [-0.39, 0.29) is 5.56 Å². The summed E-state index contributed by atoms with van der Waals surface area (Å²) >= 11 is 0. The molecule has 1 aromatic heterocycles. The van der Waals surface area contributed by atoms with Crippen molar-refractivity contribution in [2.75, 3.05) is 0 Å². The van der Waals surface area contributed by atoms with E-state index in [4.69, 9.17) is 4.74 Å². The maximum absolute atomic E-state index is 11.7. The van der Waals surface area contributed by atoms with E-state index in [0.29, 0.717) is 6.10 Å². The third-order valence-corrected chi connectivity index (χ3v) is 6.19. The summed E-state index contributed by atoms with van der Waals surface area (Å²) in [6.45, 7) is 0. The van der Waals surface area contributed by atoms with Crippen LogP contribution in [0.4, 0.5) is 0 Å². The average molecular weight is 281 g/mol. The highest BCUT2D eigenvalue weighted by molar-refractivity contribution is 5.82. The Hall–Kier alpha value is -1.77. The third-order valence-electron chi connectivity index (χ3n) is 6.19. The second-order valence-electron chi connectivity index (χ2n) is 7.14. The van der Waals surface area contributed by atoms with Gasteiger partial charge < -0.3 is 9.72 Å². The van der Waals surface area contributed by atoms with Crippen LogP contribution in [0.1, 0.15) is 32.1 Å². The van der Waals surface area contributed by atoms with Crippen LogP contribution in [0.2, 0.25) is 0 Å². The van der Waals surface area contributed by atoms with E-state index in [1.165, 1.54) is 32.1 Å². The SMILES string of the molecule is O=c1[nH]ccc2cc(O[C@@H]3CC4CCC45CC5C3)ccc12. The number of hydrogen-bond acceptors (Lipinski definition) is 2. The standard InChI is InChI=1S/C18H19NO2/c20-17-16-2-1-14(7-11(16)4-6-19-17)21-15-8-12-3-5-18(12)10-13(18)9-15/h1-2,4,6-7,12-13,15H,3,5,8-10H2,(H,19,20)/t12?,13?,15-,18?/m1/s1. The molecule has 0 aliphatic heterocycles. The fourth-order valence-electron chi connectivity index (χ4n) is 4.86. The average Bonchev–Trinajstić information content (AvgIpc) is 3.20. The van der Waals surface area contributed by atoms with Crippen LogP contribution >= 0.6 is 0 Å². The molecule has 0 saturated heterocycles. The first-order chi connectivity index (χ1) is 10.2. The number of pyridine rings is 1. The second kappa shape index (κ2) is 3.90. The van der Waals surface area contributed by atoms with E-state index in [1.54, 1.807) is 6.20 Å². The molecule has 108 valence electrons. The Morgan fingerprint density at radius 3 is 2.90 bits per heavy atom. The summed E-state index contributed by atoms with van der Waals surface area (Å²) in [6.07, 6.45) is 8.84. The molecule has 1 spiro atoms. The van der Waals surface area contributed by atoms with Crippen LogP contribution in [0.3, 0.4) is 0 Å². The van der Waals surface area contributed by atoms with Crippen molar-refractivity contribution in [1.82, 2.24) is 4.98 Å². The van der Waals surface area contributed by atoms with Crippen molar-refractivity contribution in [2.45, 2.75) is 38.2 Å². The van der Waals surface area contributed by atoms with Crippen LogP contribution in [-0.4, -0.2) is 11.1 Å². The molecule has 3 aliphatic rings. The Kier molecular flexibility index (Phi) is 2.20. The zero-order valence-electron chi connectivity index (χ0n) is 12.0. The number of fused-ring (bicyclic) bond motifs is 1. The van der Waals surface area contributed by atoms with Crippen LogP contribution in [0.25, 0.3) is 10.8 Å². The quantitative estimate of drug-likeness (QED) is 0.915. The predicted molar refractivity (Wildman–Crippen MR) is 81.5 cm³/mol. The van der Waals surface area contributed by atoms with Crippen LogP contribution in [0.5, 0.6) is 5.75 Å². The van der Waals surface area contributed by atoms with Crippen LogP contribution < -0.4 is 10.3 Å². The van der Waals surface area contributed by atoms with Crippen LogP contribution in [-0.2, 0) is 0 Å². The van der Waals surface area contributed by atoms with Gasteiger partial charge in [-0.15, -0.1) is 0 Å². The van der Waals surface area contributed by atoms with Gasteiger partial charge in [-0.2, -0.15) is 0 Å². The number of aromatic amines is 1. The third kappa shape index (κ3) is 1.63. The van der Waals surface area contributed by atoms with Crippen molar-refractivity contribution in [3.8, 4) is 5.75 Å². The maximum atomic E-state index is 11.7. The molecular formula is C18H19NO2. The van der Waals surface area contributed by atoms with E-state index in [2.05, 4.69) is 4.98 Å². The van der Waals surface area contributed by atoms with Gasteiger partial charge in [0.25, 0.3) is 5.56 Å². The first-order valence-corrected chi connectivity index (χ1v) is 8.03. The van der Waals surface area contributed by atoms with E-state index in [1.807, 2.05) is 24.3 Å². The summed E-state index contributed by atoms with van der Waals surface area (Å²) in [4.78, 5) is 14.4. The van der Waals surface area contributed by atoms with E-state index in [9.17, 15) is 4.79 Å². The smallest absolute Gasteiger partial charge is 0.255 e. The first-order valence-electron chi connectivity index (χ1n) is 8.03. The molecule has 0 bridgehead atoms. The fraction of sp³-hybridized carbons (Fsp3) is 0.500. The predicted octanol–water partition coefficient (Wildman–Crippen LogP) is 3.49. The Labute approximate surface area is 123 Å². The van der Waals surface area contributed by atoms with Crippen molar-refractivity contribution in [1.29, 1.82) is 0 Å². The van der Waals surface area contributed by atoms with E-state index in [0.717, 1.165) is 33.8 Å². The number of rotatable bonds is 2. The van der Waals surface area contributed by atoms with Gasteiger partial charge >= 0.3 is 0 Å². The molecule has 3 heteroatoms. The number of H-pyrrole nitrogens is 1. The lowest BCUT2D eigenvalue weighted by Gasteiger charge is -2.44. The molecule has 4 atom stereocenters. The molecule has 3 nitrogen and oxygen atoms in total. The number of aromatic nitrogens is 1. The molecule has 21 heavy (non-hydrogen) atoms. The highest BCUT2D eigenvalue weighted by Gasteiger charge is 2.66. The zero-order valence-corrected chi connectivity index (χ0v) is 12.0. The molecule has 1 heterocycles. The number of hydrogen-bond donors (Lipinski definition) is 1. The molecule has 5 rings (SSSR count). The lowest BCUT2D eigenvalue weighted by atomic mass is 9.63. The minimum Gasteiger partial charge on any atom is -0.490 e. The molecule has 3 saturated carbocycles. The molecule has 1 aromatic carbocycles. The summed E-state index contributed by atoms with van der Waals surface area (Å²) in [5.41, 5.74) is 0.727. The Morgan fingerprint density at radius 2 is 2.10 bits per heavy atom. The summed E-state index contributed by atoms with van der Waals surface area (Å²) in [7, 11) is 0. The van der Waals surface area contributed by atoms with Gasteiger partial charge in [0.1, 0.15) is 5.75 Å². The number of ether oxygens (including phenoxy) is 1. The van der Waals surface area contributed by atoms with Crippen molar-refractivity contribution in [3.05, 3.63) is 40.8 Å². The van der Waals surface area contributed by atoms with Gasteiger partial charge in [0.05, 0.1) is 6.10 Å². The van der Waals surface area contributed by atoms with Crippen molar-refractivity contribution in [3.63, 3.8) is 0 Å². The lowest BCUT2D eigenvalue weighted by Crippen LogP contribution is -2.39. The molecule has 3 aliphatic carbocycles. The van der Waals surface area contributed by atoms with Gasteiger partial charge in [-0.3, -0.25) is 4.79 Å². The molecule has 2 aromatic rings. The number of benzene rings is 1. The highest BCUT2D eigenvalue weighted by atomic mass is 16.5. The molecular weight excluding hydrogens is 262 g/mol.